The molecule has 15 heteroatoms. The molecule has 2 fully saturated rings. The van der Waals surface area contributed by atoms with Gasteiger partial charge in [-0.2, -0.15) is 4.31 Å². The molecule has 2 aliphatic rings. The third kappa shape index (κ3) is 10.8. The van der Waals surface area contributed by atoms with E-state index in [1.165, 1.54) is 16.4 Å². The first kappa shape index (κ1) is 43.5. The van der Waals surface area contributed by atoms with Gasteiger partial charge in [0.05, 0.1) is 27.6 Å². The van der Waals surface area contributed by atoms with Gasteiger partial charge in [-0.25, -0.2) is 13.2 Å². The van der Waals surface area contributed by atoms with Gasteiger partial charge in [-0.1, -0.05) is 37.3 Å². The van der Waals surface area contributed by atoms with Crippen LogP contribution in [0.5, 0.6) is 0 Å². The highest BCUT2D eigenvalue weighted by atomic mass is 127. The number of hydrogen-bond acceptors (Lipinski definition) is 9. The average molecular weight is 1030 g/mol. The summed E-state index contributed by atoms with van der Waals surface area (Å²) < 4.78 is 39.0. The molecule has 0 aromatic heterocycles. The molecule has 1 heterocycles. The van der Waals surface area contributed by atoms with Crippen LogP contribution in [0, 0.1) is 5.92 Å². The molecule has 12 nitrogen and oxygen atoms in total. The quantitative estimate of drug-likeness (QED) is 0.118. The molecular formula is C43H46I2N4O8S. The van der Waals surface area contributed by atoms with Crippen LogP contribution in [0.25, 0.3) is 0 Å². The maximum absolute atomic E-state index is 14.0. The van der Waals surface area contributed by atoms with Gasteiger partial charge in [0.25, 0.3) is 11.8 Å². The van der Waals surface area contributed by atoms with Gasteiger partial charge in [-0.3, -0.25) is 14.4 Å². The molecule has 4 aromatic rings. The maximum Gasteiger partial charge on any atom is 0.347 e. The SMILES string of the molecule is CCN(C1CCC(C(=O)OI)CC1)S(=O)(=O)c1cccc(C(=O)Nc2ccc(N3CCCCC3)cc2C(=O)Nc2ccc(CCc3ccc(C(=O)OI)cc3)cc2)c1. The molecule has 0 atom stereocenters. The summed E-state index contributed by atoms with van der Waals surface area (Å²) in [6.07, 6.45) is 6.91. The zero-order valence-corrected chi connectivity index (χ0v) is 37.3. The van der Waals surface area contributed by atoms with E-state index in [0.29, 0.717) is 42.6 Å². The number of nitrogens with zero attached hydrogens (tertiary/aromatic N) is 2. The molecule has 0 unspecified atom stereocenters. The van der Waals surface area contributed by atoms with Gasteiger partial charge in [0.2, 0.25) is 10.0 Å². The van der Waals surface area contributed by atoms with Crippen LogP contribution in [0.2, 0.25) is 0 Å². The number of amides is 2. The van der Waals surface area contributed by atoms with Crippen LogP contribution in [0.1, 0.15) is 94.1 Å². The molecule has 4 aromatic carbocycles. The fourth-order valence-electron chi connectivity index (χ4n) is 7.69. The number of anilines is 3. The van der Waals surface area contributed by atoms with E-state index in [1.807, 2.05) is 42.5 Å². The van der Waals surface area contributed by atoms with E-state index >= 15 is 0 Å². The average Bonchev–Trinajstić information content (AvgIpc) is 3.26. The van der Waals surface area contributed by atoms with Crippen LogP contribution in [0.3, 0.4) is 0 Å². The number of carbonyl (C=O) groups is 4. The molecule has 1 saturated heterocycles. The summed E-state index contributed by atoms with van der Waals surface area (Å²) in [4.78, 5) is 53.8. The summed E-state index contributed by atoms with van der Waals surface area (Å²) in [5.41, 5.74) is 4.82. The molecule has 58 heavy (non-hydrogen) atoms. The first-order valence-electron chi connectivity index (χ1n) is 19.5. The van der Waals surface area contributed by atoms with Gasteiger partial charge in [0, 0.05) is 42.6 Å². The summed E-state index contributed by atoms with van der Waals surface area (Å²) >= 11 is 3.16. The van der Waals surface area contributed by atoms with Gasteiger partial charge in [-0.05, 0) is 130 Å². The Morgan fingerprint density at radius 1 is 0.741 bits per heavy atom. The number of halogens is 2. The largest absolute Gasteiger partial charge is 0.394 e. The zero-order chi connectivity index (χ0) is 41.2. The van der Waals surface area contributed by atoms with Crippen molar-refractivity contribution in [2.24, 2.45) is 5.92 Å². The van der Waals surface area contributed by atoms with Crippen LogP contribution in [0.15, 0.2) is 95.9 Å². The van der Waals surface area contributed by atoms with Gasteiger partial charge >= 0.3 is 11.9 Å². The molecule has 1 aliphatic carbocycles. The van der Waals surface area contributed by atoms with Gasteiger partial charge in [0.15, 0.2) is 46.0 Å². The van der Waals surface area contributed by atoms with E-state index in [9.17, 15) is 27.6 Å². The Morgan fingerprint density at radius 2 is 1.40 bits per heavy atom. The van der Waals surface area contributed by atoms with Crippen molar-refractivity contribution >= 4 is 96.9 Å². The van der Waals surface area contributed by atoms with Crippen LogP contribution in [0.4, 0.5) is 17.1 Å². The Labute approximate surface area is 367 Å². The molecule has 6 rings (SSSR count). The number of rotatable bonds is 14. The fourth-order valence-corrected chi connectivity index (χ4v) is 10.0. The zero-order valence-electron chi connectivity index (χ0n) is 32.1. The topological polar surface area (TPSA) is 151 Å². The molecule has 306 valence electrons. The summed E-state index contributed by atoms with van der Waals surface area (Å²) in [6.45, 7) is 3.76. The Morgan fingerprint density at radius 3 is 2.02 bits per heavy atom. The minimum absolute atomic E-state index is 0.00569. The number of sulfonamides is 1. The number of piperidine rings is 1. The minimum Gasteiger partial charge on any atom is -0.394 e. The van der Waals surface area contributed by atoms with Crippen molar-refractivity contribution in [3.63, 3.8) is 0 Å². The Bertz CT molecular complexity index is 2210. The smallest absolute Gasteiger partial charge is 0.347 e. The predicted molar refractivity (Wildman–Crippen MR) is 240 cm³/mol. The van der Waals surface area contributed by atoms with Crippen molar-refractivity contribution in [1.82, 2.24) is 4.31 Å². The molecule has 1 saturated carbocycles. The van der Waals surface area contributed by atoms with E-state index in [1.54, 1.807) is 89.3 Å². The number of nitrogens with one attached hydrogen (secondary N) is 2. The van der Waals surface area contributed by atoms with Crippen molar-refractivity contribution in [2.45, 2.75) is 75.6 Å². The lowest BCUT2D eigenvalue weighted by Crippen LogP contribution is -2.42. The van der Waals surface area contributed by atoms with Crippen molar-refractivity contribution in [1.29, 1.82) is 0 Å². The monoisotopic (exact) mass is 1030 g/mol. The summed E-state index contributed by atoms with van der Waals surface area (Å²) in [7, 11) is -3.97. The Balaban J connectivity index is 1.16. The van der Waals surface area contributed by atoms with Crippen molar-refractivity contribution in [3.8, 4) is 0 Å². The van der Waals surface area contributed by atoms with Crippen LogP contribution >= 0.6 is 46.0 Å². The van der Waals surface area contributed by atoms with E-state index in [4.69, 9.17) is 6.13 Å². The highest BCUT2D eigenvalue weighted by Gasteiger charge is 2.36. The normalized spacial score (nSPS) is 17.0. The lowest BCUT2D eigenvalue weighted by atomic mass is 9.86. The van der Waals surface area contributed by atoms with Crippen LogP contribution < -0.4 is 15.5 Å². The second-order valence-electron chi connectivity index (χ2n) is 14.6. The second-order valence-corrected chi connectivity index (χ2v) is 17.4. The van der Waals surface area contributed by atoms with Gasteiger partial charge in [-0.15, -0.1) is 0 Å². The van der Waals surface area contributed by atoms with Crippen molar-refractivity contribution < 1.29 is 33.7 Å². The molecule has 2 N–H and O–H groups in total. The Hall–Kier alpha value is -4.07. The van der Waals surface area contributed by atoms with Crippen molar-refractivity contribution in [3.05, 3.63) is 119 Å². The molecule has 2 amide bonds. The first-order valence-corrected chi connectivity index (χ1v) is 22.7. The van der Waals surface area contributed by atoms with Crippen LogP contribution in [-0.4, -0.2) is 62.2 Å². The molecule has 0 radical (unpaired) electrons. The minimum atomic E-state index is -3.97. The molecule has 0 bridgehead atoms. The van der Waals surface area contributed by atoms with Crippen molar-refractivity contribution in [2.75, 3.05) is 35.2 Å². The summed E-state index contributed by atoms with van der Waals surface area (Å²) in [5, 5.41) is 5.88. The third-order valence-electron chi connectivity index (χ3n) is 10.9. The molecule has 1 aliphatic heterocycles. The highest BCUT2D eigenvalue weighted by molar-refractivity contribution is 14.1. The predicted octanol–water partition coefficient (Wildman–Crippen LogP) is 8.94. The summed E-state index contributed by atoms with van der Waals surface area (Å²) in [6, 6.07) is 26.0. The third-order valence-corrected chi connectivity index (χ3v) is 13.8. The van der Waals surface area contributed by atoms with Gasteiger partial charge in [0.1, 0.15) is 0 Å². The summed E-state index contributed by atoms with van der Waals surface area (Å²) in [5.74, 6) is -1.87. The number of aryl methyl sites for hydroxylation is 2. The fraction of sp³-hybridized carbons (Fsp3) is 0.349. The maximum atomic E-state index is 14.0. The van der Waals surface area contributed by atoms with E-state index in [0.717, 1.165) is 62.0 Å². The number of benzene rings is 4. The Kier molecular flexibility index (Phi) is 15.2. The number of carbonyl (C=O) groups excluding carboxylic acids is 4. The first-order chi connectivity index (χ1) is 28.0. The second kappa shape index (κ2) is 20.3. The van der Waals surface area contributed by atoms with E-state index in [2.05, 4.69) is 15.5 Å². The van der Waals surface area contributed by atoms with E-state index in [-0.39, 0.29) is 46.5 Å². The lowest BCUT2D eigenvalue weighted by molar-refractivity contribution is -0.137. The standard InChI is InChI=1S/C43H46I2N4O8S/c1-2-49(35-21-17-32(18-22-35)43(53)57-45)58(54,55)37-8-6-7-33(27-37)40(50)47-39-24-23-36(48-25-4-3-5-26-48)28-38(39)41(51)46-34-19-13-30(14-20-34)10-9-29-11-15-31(16-12-29)42(52)56-44/h6-8,11-16,19-20,23-24,27-28,32,35H,2-5,9-10,17-18,21-22,25-26H2,1H3,(H,46,51)(H,47,50). The highest BCUT2D eigenvalue weighted by Crippen LogP contribution is 2.33. The molecule has 0 spiro atoms. The number of hydrogen-bond donors (Lipinski definition) is 2. The van der Waals surface area contributed by atoms with Crippen LogP contribution in [-0.2, 0) is 33.8 Å². The lowest BCUT2D eigenvalue weighted by Gasteiger charge is -2.34. The van der Waals surface area contributed by atoms with E-state index < -0.39 is 21.8 Å². The molecular weight excluding hydrogens is 986 g/mol. The van der Waals surface area contributed by atoms with Gasteiger partial charge < -0.3 is 21.7 Å².